The van der Waals surface area contributed by atoms with E-state index in [0.29, 0.717) is 6.54 Å². The van der Waals surface area contributed by atoms with Crippen molar-refractivity contribution in [2.45, 2.75) is 4.83 Å². The zero-order chi connectivity index (χ0) is 14.7. The number of halogens is 1. The smallest absolute Gasteiger partial charge is 0.261 e. The molecule has 0 spiro atoms. The first-order valence-corrected chi connectivity index (χ1v) is 8.43. The van der Waals surface area contributed by atoms with Gasteiger partial charge >= 0.3 is 0 Å². The van der Waals surface area contributed by atoms with E-state index in [1.165, 1.54) is 11.3 Å². The fourth-order valence-electron chi connectivity index (χ4n) is 2.14. The van der Waals surface area contributed by atoms with Gasteiger partial charge in [-0.2, -0.15) is 0 Å². The Labute approximate surface area is 135 Å². The highest BCUT2D eigenvalue weighted by atomic mass is 79.9. The molecule has 0 aliphatic rings. The van der Waals surface area contributed by atoms with Gasteiger partial charge in [-0.05, 0) is 23.1 Å². The van der Waals surface area contributed by atoms with Gasteiger partial charge in [-0.25, -0.2) is 0 Å². The summed E-state index contributed by atoms with van der Waals surface area (Å²) in [6.45, 7) is 0.567. The van der Waals surface area contributed by atoms with Gasteiger partial charge in [0.15, 0.2) is 0 Å². The van der Waals surface area contributed by atoms with E-state index in [0.717, 1.165) is 20.5 Å². The number of rotatable bonds is 4. The average molecular weight is 360 g/mol. The van der Waals surface area contributed by atoms with Crippen LogP contribution in [0.5, 0.6) is 0 Å². The quantitative estimate of drug-likeness (QED) is 0.668. The summed E-state index contributed by atoms with van der Waals surface area (Å²) in [4.78, 5) is 13.1. The van der Waals surface area contributed by atoms with Crippen molar-refractivity contribution in [1.82, 2.24) is 5.32 Å². The molecular formula is C17H14BrNOS. The first-order valence-electron chi connectivity index (χ1n) is 6.70. The molecule has 21 heavy (non-hydrogen) atoms. The van der Waals surface area contributed by atoms with Gasteiger partial charge in [0.2, 0.25) is 0 Å². The molecule has 0 fully saturated rings. The molecule has 1 unspecified atom stereocenters. The highest BCUT2D eigenvalue weighted by molar-refractivity contribution is 9.09. The van der Waals surface area contributed by atoms with Gasteiger partial charge in [0, 0.05) is 11.2 Å². The molecule has 2 nitrogen and oxygen atoms in total. The minimum absolute atomic E-state index is 0.0171. The third-order valence-corrected chi connectivity index (χ3v) is 5.22. The number of fused-ring (bicyclic) bond motifs is 1. The molecule has 4 heteroatoms. The van der Waals surface area contributed by atoms with Crippen LogP contribution in [0.1, 0.15) is 20.1 Å². The lowest BCUT2D eigenvalue weighted by atomic mass is 10.1. The molecule has 1 N–H and O–H groups in total. The van der Waals surface area contributed by atoms with Crippen molar-refractivity contribution in [3.05, 3.63) is 71.1 Å². The maximum atomic E-state index is 12.2. The molecule has 1 amide bonds. The molecule has 3 rings (SSSR count). The third kappa shape index (κ3) is 3.34. The molecule has 1 atom stereocenters. The van der Waals surface area contributed by atoms with Gasteiger partial charge in [-0.15, -0.1) is 11.3 Å². The van der Waals surface area contributed by atoms with Crippen LogP contribution in [0.25, 0.3) is 10.1 Å². The maximum Gasteiger partial charge on any atom is 0.261 e. The van der Waals surface area contributed by atoms with E-state index in [-0.39, 0.29) is 10.7 Å². The van der Waals surface area contributed by atoms with Gasteiger partial charge in [-0.3, -0.25) is 4.79 Å². The van der Waals surface area contributed by atoms with Crippen LogP contribution in [0.3, 0.4) is 0 Å². The van der Waals surface area contributed by atoms with Crippen LogP contribution in [0.4, 0.5) is 0 Å². The lowest BCUT2D eigenvalue weighted by molar-refractivity contribution is 0.0958. The number of amides is 1. The van der Waals surface area contributed by atoms with Crippen LogP contribution in [0.2, 0.25) is 0 Å². The molecule has 1 aromatic heterocycles. The van der Waals surface area contributed by atoms with E-state index in [1.807, 2.05) is 60.7 Å². The van der Waals surface area contributed by atoms with Crippen molar-refractivity contribution in [3.8, 4) is 0 Å². The van der Waals surface area contributed by atoms with E-state index in [2.05, 4.69) is 21.2 Å². The normalized spacial score (nSPS) is 12.2. The van der Waals surface area contributed by atoms with Gasteiger partial charge in [0.25, 0.3) is 5.91 Å². The summed E-state index contributed by atoms with van der Waals surface area (Å²) >= 11 is 5.14. The number of carbonyl (C=O) groups excluding carboxylic acids is 1. The first kappa shape index (κ1) is 14.3. The zero-order valence-corrected chi connectivity index (χ0v) is 13.7. The summed E-state index contributed by atoms with van der Waals surface area (Å²) in [7, 11) is 0. The fraction of sp³-hybridized carbons (Fsp3) is 0.118. The largest absolute Gasteiger partial charge is 0.350 e. The predicted octanol–water partition coefficient (Wildman–Crippen LogP) is 4.77. The van der Waals surface area contributed by atoms with Crippen molar-refractivity contribution >= 4 is 43.3 Å². The van der Waals surface area contributed by atoms with Gasteiger partial charge in [0.1, 0.15) is 0 Å². The molecule has 0 bridgehead atoms. The summed E-state index contributed by atoms with van der Waals surface area (Å²) in [6.07, 6.45) is 0. The van der Waals surface area contributed by atoms with Crippen molar-refractivity contribution in [3.63, 3.8) is 0 Å². The van der Waals surface area contributed by atoms with E-state index in [1.54, 1.807) is 0 Å². The number of benzene rings is 2. The number of hydrogen-bond donors (Lipinski definition) is 1. The second-order valence-corrected chi connectivity index (χ2v) is 6.93. The van der Waals surface area contributed by atoms with Crippen molar-refractivity contribution in [2.75, 3.05) is 6.54 Å². The van der Waals surface area contributed by atoms with Crippen LogP contribution in [0.15, 0.2) is 60.7 Å². The fourth-order valence-corrected chi connectivity index (χ4v) is 3.59. The van der Waals surface area contributed by atoms with E-state index in [9.17, 15) is 4.79 Å². The first-order chi connectivity index (χ1) is 10.2. The second kappa shape index (κ2) is 6.41. The summed E-state index contributed by atoms with van der Waals surface area (Å²) in [5.74, 6) is -0.0171. The number of alkyl halides is 1. The lowest BCUT2D eigenvalue weighted by Crippen LogP contribution is -2.25. The topological polar surface area (TPSA) is 29.1 Å². The minimum atomic E-state index is -0.0171. The molecule has 0 saturated heterocycles. The van der Waals surface area contributed by atoms with E-state index in [4.69, 9.17) is 0 Å². The highest BCUT2D eigenvalue weighted by Crippen LogP contribution is 2.26. The Morgan fingerprint density at radius 3 is 2.57 bits per heavy atom. The highest BCUT2D eigenvalue weighted by Gasteiger charge is 2.12. The number of thiophene rings is 1. The van der Waals surface area contributed by atoms with Crippen molar-refractivity contribution < 1.29 is 4.79 Å². The molecule has 2 aromatic carbocycles. The molecule has 106 valence electrons. The second-order valence-electron chi connectivity index (χ2n) is 4.74. The van der Waals surface area contributed by atoms with Crippen LogP contribution in [0, 0.1) is 0 Å². The standard InChI is InChI=1S/C17H14BrNOS/c18-14(12-6-2-1-3-7-12)11-19-17(20)16-10-13-8-4-5-9-15(13)21-16/h1-10,14H,11H2,(H,19,20). The Morgan fingerprint density at radius 1 is 1.10 bits per heavy atom. The molecule has 0 saturated carbocycles. The average Bonchev–Trinajstić information content (AvgIpc) is 2.97. The zero-order valence-electron chi connectivity index (χ0n) is 11.3. The van der Waals surface area contributed by atoms with Gasteiger partial charge < -0.3 is 5.32 Å². The van der Waals surface area contributed by atoms with Crippen LogP contribution in [-0.4, -0.2) is 12.5 Å². The number of nitrogens with one attached hydrogen (secondary N) is 1. The summed E-state index contributed by atoms with van der Waals surface area (Å²) < 4.78 is 1.14. The SMILES string of the molecule is O=C(NCC(Br)c1ccccc1)c1cc2ccccc2s1. The molecular weight excluding hydrogens is 346 g/mol. The van der Waals surface area contributed by atoms with Crippen molar-refractivity contribution in [1.29, 1.82) is 0 Å². The van der Waals surface area contributed by atoms with Crippen LogP contribution >= 0.6 is 27.3 Å². The monoisotopic (exact) mass is 359 g/mol. The van der Waals surface area contributed by atoms with E-state index >= 15 is 0 Å². The molecule has 0 radical (unpaired) electrons. The van der Waals surface area contributed by atoms with Gasteiger partial charge in [-0.1, -0.05) is 64.5 Å². The van der Waals surface area contributed by atoms with Crippen molar-refractivity contribution in [2.24, 2.45) is 0 Å². The molecule has 1 heterocycles. The van der Waals surface area contributed by atoms with E-state index < -0.39 is 0 Å². The Morgan fingerprint density at radius 2 is 1.81 bits per heavy atom. The molecule has 0 aliphatic heterocycles. The van der Waals surface area contributed by atoms with Crippen LogP contribution < -0.4 is 5.32 Å². The number of hydrogen-bond acceptors (Lipinski definition) is 2. The Bertz CT molecular complexity index is 721. The summed E-state index contributed by atoms with van der Waals surface area (Å²) in [6, 6.07) is 20.1. The van der Waals surface area contributed by atoms with Crippen LogP contribution in [-0.2, 0) is 0 Å². The van der Waals surface area contributed by atoms with Gasteiger partial charge in [0.05, 0.1) is 9.70 Å². The maximum absolute atomic E-state index is 12.2. The minimum Gasteiger partial charge on any atom is -0.350 e. The third-order valence-electron chi connectivity index (χ3n) is 3.25. The summed E-state index contributed by atoms with van der Waals surface area (Å²) in [5.41, 5.74) is 1.16. The number of carbonyl (C=O) groups is 1. The lowest BCUT2D eigenvalue weighted by Gasteiger charge is -2.10. The Balaban J connectivity index is 1.66. The molecule has 0 aliphatic carbocycles. The predicted molar refractivity (Wildman–Crippen MR) is 92.3 cm³/mol. The summed E-state index contributed by atoms with van der Waals surface area (Å²) in [5, 5.41) is 4.10. The Hall–Kier alpha value is -1.65. The molecule has 3 aromatic rings. The Kier molecular flexibility index (Phi) is 4.36.